The van der Waals surface area contributed by atoms with Gasteiger partial charge < -0.3 is 10.0 Å². The Kier molecular flexibility index (Phi) is 4.37. The number of nitro benzene ring substituents is 1. The van der Waals surface area contributed by atoms with Gasteiger partial charge in [-0.25, -0.2) is 0 Å². The number of hydrogen-bond acceptors (Lipinski definition) is 4. The van der Waals surface area contributed by atoms with E-state index in [1.165, 1.54) is 12.1 Å². The number of rotatable bonds is 4. The normalized spacial score (nSPS) is 17.5. The summed E-state index contributed by atoms with van der Waals surface area (Å²) in [6.45, 7) is 2.81. The molecule has 0 radical (unpaired) electrons. The van der Waals surface area contributed by atoms with Crippen LogP contribution in [0.5, 0.6) is 0 Å². The molecule has 21 heavy (non-hydrogen) atoms. The van der Waals surface area contributed by atoms with Crippen LogP contribution in [0.25, 0.3) is 0 Å². The number of piperidine rings is 1. The molecule has 1 fully saturated rings. The van der Waals surface area contributed by atoms with Crippen LogP contribution in [0.15, 0.2) is 18.2 Å². The third-order valence-corrected chi connectivity index (χ3v) is 4.56. The van der Waals surface area contributed by atoms with Crippen LogP contribution in [0, 0.1) is 15.5 Å². The van der Waals surface area contributed by atoms with Crippen molar-refractivity contribution < 1.29 is 14.8 Å². The molecule has 1 aliphatic rings. The molecule has 0 atom stereocenters. The van der Waals surface area contributed by atoms with Gasteiger partial charge in [0, 0.05) is 24.2 Å². The van der Waals surface area contributed by atoms with Crippen molar-refractivity contribution in [1.29, 1.82) is 0 Å². The van der Waals surface area contributed by atoms with Crippen molar-refractivity contribution in [3.8, 4) is 0 Å². The number of nitrogens with zero attached hydrogens (tertiary/aromatic N) is 2. The number of anilines is 1. The molecule has 0 saturated carbocycles. The maximum atomic E-state index is 11.4. The molecule has 0 unspecified atom stereocenters. The molecule has 1 heterocycles. The highest BCUT2D eigenvalue weighted by Gasteiger charge is 2.40. The third-order valence-electron chi connectivity index (χ3n) is 4.33. The van der Waals surface area contributed by atoms with Crippen molar-refractivity contribution in [2.24, 2.45) is 5.41 Å². The van der Waals surface area contributed by atoms with Crippen LogP contribution in [0.4, 0.5) is 11.4 Å². The van der Waals surface area contributed by atoms with Crippen molar-refractivity contribution in [2.75, 3.05) is 18.0 Å². The fraction of sp³-hybridized carbons (Fsp3) is 0.500. The Labute approximate surface area is 127 Å². The molecule has 1 aromatic rings. The van der Waals surface area contributed by atoms with Crippen LogP contribution in [-0.2, 0) is 4.79 Å². The Morgan fingerprint density at radius 3 is 2.57 bits per heavy atom. The molecular weight excluding hydrogens is 296 g/mol. The zero-order valence-corrected chi connectivity index (χ0v) is 12.5. The van der Waals surface area contributed by atoms with E-state index in [9.17, 15) is 20.0 Å². The number of hydrogen-bond donors (Lipinski definition) is 1. The molecule has 1 saturated heterocycles. The fourth-order valence-corrected chi connectivity index (χ4v) is 2.96. The molecule has 0 bridgehead atoms. The lowest BCUT2D eigenvalue weighted by atomic mass is 9.76. The molecule has 7 heteroatoms. The molecule has 0 aliphatic carbocycles. The van der Waals surface area contributed by atoms with Gasteiger partial charge in [0.2, 0.25) is 0 Å². The van der Waals surface area contributed by atoms with Gasteiger partial charge in [0.05, 0.1) is 10.3 Å². The Morgan fingerprint density at radius 2 is 2.10 bits per heavy atom. The predicted molar refractivity (Wildman–Crippen MR) is 79.9 cm³/mol. The summed E-state index contributed by atoms with van der Waals surface area (Å²) in [6.07, 6.45) is 1.51. The van der Waals surface area contributed by atoms with Gasteiger partial charge in [0.25, 0.3) is 5.69 Å². The number of nitro groups is 1. The standard InChI is InChI=1S/C14H17ClN2O4/c1-2-14(13(18)19)5-7-16(8-6-14)12-9-10(15)3-4-11(12)17(20)21/h3-4,9H,2,5-8H2,1H3,(H,18,19). The van der Waals surface area contributed by atoms with Gasteiger partial charge >= 0.3 is 5.97 Å². The average molecular weight is 313 g/mol. The van der Waals surface area contributed by atoms with E-state index in [0.29, 0.717) is 43.1 Å². The minimum atomic E-state index is -0.787. The molecular formula is C14H17ClN2O4. The van der Waals surface area contributed by atoms with Crippen molar-refractivity contribution in [1.82, 2.24) is 0 Å². The van der Waals surface area contributed by atoms with E-state index in [-0.39, 0.29) is 5.69 Å². The predicted octanol–water partition coefficient (Wildman–Crippen LogP) is 3.33. The Bertz CT molecular complexity index is 568. The zero-order valence-electron chi connectivity index (χ0n) is 11.7. The Hall–Kier alpha value is -1.82. The van der Waals surface area contributed by atoms with E-state index in [0.717, 1.165) is 0 Å². The summed E-state index contributed by atoms with van der Waals surface area (Å²) in [5.74, 6) is -0.787. The number of aliphatic carboxylic acids is 1. The van der Waals surface area contributed by atoms with Crippen LogP contribution in [0.3, 0.4) is 0 Å². The Morgan fingerprint density at radius 1 is 1.48 bits per heavy atom. The number of carboxylic acid groups (broad SMARTS) is 1. The second-order valence-corrected chi connectivity index (χ2v) is 5.75. The minimum Gasteiger partial charge on any atom is -0.481 e. The highest BCUT2D eigenvalue weighted by atomic mass is 35.5. The monoisotopic (exact) mass is 312 g/mol. The summed E-state index contributed by atoms with van der Waals surface area (Å²) < 4.78 is 0. The van der Waals surface area contributed by atoms with Crippen LogP contribution in [0.2, 0.25) is 5.02 Å². The van der Waals surface area contributed by atoms with Crippen molar-refractivity contribution in [2.45, 2.75) is 26.2 Å². The minimum absolute atomic E-state index is 0.00118. The quantitative estimate of drug-likeness (QED) is 0.681. The first-order valence-electron chi connectivity index (χ1n) is 6.82. The first-order valence-corrected chi connectivity index (χ1v) is 7.20. The molecule has 0 amide bonds. The van der Waals surface area contributed by atoms with E-state index in [1.54, 1.807) is 6.07 Å². The number of carboxylic acids is 1. The van der Waals surface area contributed by atoms with E-state index in [4.69, 9.17) is 11.6 Å². The molecule has 1 N–H and O–H groups in total. The van der Waals surface area contributed by atoms with Gasteiger partial charge in [-0.15, -0.1) is 0 Å². The first kappa shape index (κ1) is 15.6. The third kappa shape index (κ3) is 2.95. The molecule has 2 rings (SSSR count). The maximum Gasteiger partial charge on any atom is 0.309 e. The van der Waals surface area contributed by atoms with Gasteiger partial charge in [0.1, 0.15) is 5.69 Å². The van der Waals surface area contributed by atoms with Gasteiger partial charge in [-0.3, -0.25) is 14.9 Å². The number of halogens is 1. The lowest BCUT2D eigenvalue weighted by Gasteiger charge is -2.39. The summed E-state index contributed by atoms with van der Waals surface area (Å²) in [5.41, 5.74) is -0.259. The number of carbonyl (C=O) groups is 1. The summed E-state index contributed by atoms with van der Waals surface area (Å²) in [7, 11) is 0. The SMILES string of the molecule is CCC1(C(=O)O)CCN(c2cc(Cl)ccc2[N+](=O)[O-])CC1. The molecule has 1 aliphatic heterocycles. The first-order chi connectivity index (χ1) is 9.89. The van der Waals surface area contributed by atoms with Crippen LogP contribution in [-0.4, -0.2) is 29.1 Å². The molecule has 114 valence electrons. The average Bonchev–Trinajstić information content (AvgIpc) is 2.46. The topological polar surface area (TPSA) is 83.7 Å². The Balaban J connectivity index is 2.25. The van der Waals surface area contributed by atoms with Crippen molar-refractivity contribution in [3.63, 3.8) is 0 Å². The van der Waals surface area contributed by atoms with Gasteiger partial charge in [0.15, 0.2) is 0 Å². The largest absolute Gasteiger partial charge is 0.481 e. The molecule has 1 aromatic carbocycles. The smallest absolute Gasteiger partial charge is 0.309 e. The second-order valence-electron chi connectivity index (χ2n) is 5.32. The summed E-state index contributed by atoms with van der Waals surface area (Å²) in [6, 6.07) is 4.44. The van der Waals surface area contributed by atoms with Crippen LogP contribution < -0.4 is 4.90 Å². The van der Waals surface area contributed by atoms with E-state index >= 15 is 0 Å². The molecule has 0 spiro atoms. The van der Waals surface area contributed by atoms with Gasteiger partial charge in [-0.05, 0) is 31.4 Å². The second kappa shape index (κ2) is 5.89. The maximum absolute atomic E-state index is 11.4. The zero-order chi connectivity index (χ0) is 15.6. The van der Waals surface area contributed by atoms with E-state index in [1.807, 2.05) is 11.8 Å². The summed E-state index contributed by atoms with van der Waals surface area (Å²) in [4.78, 5) is 23.9. The highest BCUT2D eigenvalue weighted by Crippen LogP contribution is 2.39. The molecule has 0 aromatic heterocycles. The summed E-state index contributed by atoms with van der Waals surface area (Å²) >= 11 is 5.93. The lowest BCUT2D eigenvalue weighted by molar-refractivity contribution is -0.384. The van der Waals surface area contributed by atoms with Gasteiger partial charge in [-0.1, -0.05) is 18.5 Å². The highest BCUT2D eigenvalue weighted by molar-refractivity contribution is 6.31. The summed E-state index contributed by atoms with van der Waals surface area (Å²) in [5, 5.41) is 20.9. The number of benzene rings is 1. The van der Waals surface area contributed by atoms with Gasteiger partial charge in [-0.2, -0.15) is 0 Å². The molecule has 6 nitrogen and oxygen atoms in total. The van der Waals surface area contributed by atoms with Crippen LogP contribution in [0.1, 0.15) is 26.2 Å². The van der Waals surface area contributed by atoms with Crippen molar-refractivity contribution in [3.05, 3.63) is 33.3 Å². The van der Waals surface area contributed by atoms with E-state index in [2.05, 4.69) is 0 Å². The fourth-order valence-electron chi connectivity index (χ4n) is 2.80. The van der Waals surface area contributed by atoms with Crippen LogP contribution >= 0.6 is 11.6 Å². The van der Waals surface area contributed by atoms with E-state index < -0.39 is 16.3 Å². The lowest BCUT2D eigenvalue weighted by Crippen LogP contribution is -2.44. The van der Waals surface area contributed by atoms with Crippen molar-refractivity contribution >= 4 is 28.9 Å².